The number of carbonyl (C=O) groups is 3. The lowest BCUT2D eigenvalue weighted by molar-refractivity contribution is -0.130. The number of nitrogens with one attached hydrogen (secondary N) is 2. The Balaban J connectivity index is 1.49. The molecule has 0 saturated carbocycles. The van der Waals surface area contributed by atoms with Gasteiger partial charge in [-0.3, -0.25) is 25.2 Å². The third-order valence-electron chi connectivity index (χ3n) is 4.30. The van der Waals surface area contributed by atoms with Crippen LogP contribution in [0, 0.1) is 5.92 Å². The SMILES string of the molecule is O=C(CCN1C(=O)COc2ccccc21)NNC(=O)[C@H]1CCS(=O)(=O)C1. The second kappa shape index (κ2) is 7.32. The lowest BCUT2D eigenvalue weighted by Gasteiger charge is -2.29. The summed E-state index contributed by atoms with van der Waals surface area (Å²) in [6.07, 6.45) is 0.229. The molecule has 1 atom stereocenters. The van der Waals surface area contributed by atoms with Crippen molar-refractivity contribution in [3.63, 3.8) is 0 Å². The first-order valence-electron chi connectivity index (χ1n) is 8.17. The Hall–Kier alpha value is -2.62. The molecule has 0 radical (unpaired) electrons. The van der Waals surface area contributed by atoms with Crippen LogP contribution in [0.25, 0.3) is 0 Å². The third-order valence-corrected chi connectivity index (χ3v) is 6.07. The zero-order valence-corrected chi connectivity index (χ0v) is 14.8. The summed E-state index contributed by atoms with van der Waals surface area (Å²) in [4.78, 5) is 37.3. The molecule has 2 heterocycles. The molecule has 9 nitrogen and oxygen atoms in total. The van der Waals surface area contributed by atoms with Gasteiger partial charge in [-0.15, -0.1) is 0 Å². The average Bonchev–Trinajstić information content (AvgIpc) is 2.98. The molecule has 2 N–H and O–H groups in total. The molecule has 0 aliphatic carbocycles. The molecule has 3 rings (SSSR count). The minimum atomic E-state index is -3.17. The molecule has 26 heavy (non-hydrogen) atoms. The van der Waals surface area contributed by atoms with E-state index in [0.717, 1.165) is 0 Å². The number of nitrogens with zero attached hydrogens (tertiary/aromatic N) is 1. The van der Waals surface area contributed by atoms with E-state index in [1.54, 1.807) is 24.3 Å². The molecule has 2 aliphatic rings. The van der Waals surface area contributed by atoms with Gasteiger partial charge >= 0.3 is 0 Å². The molecule has 2 aliphatic heterocycles. The van der Waals surface area contributed by atoms with Crippen LogP contribution in [0.3, 0.4) is 0 Å². The van der Waals surface area contributed by atoms with E-state index in [4.69, 9.17) is 4.74 Å². The van der Waals surface area contributed by atoms with Crippen molar-refractivity contribution in [1.82, 2.24) is 10.9 Å². The number of hydrogen-bond donors (Lipinski definition) is 2. The molecule has 1 fully saturated rings. The zero-order chi connectivity index (χ0) is 18.7. The number of hydrazine groups is 1. The second-order valence-electron chi connectivity index (χ2n) is 6.19. The molecule has 1 aromatic rings. The number of ether oxygens (including phenoxy) is 1. The minimum Gasteiger partial charge on any atom is -0.482 e. The Morgan fingerprint density at radius 3 is 2.73 bits per heavy atom. The van der Waals surface area contributed by atoms with Gasteiger partial charge in [0, 0.05) is 13.0 Å². The summed E-state index contributed by atoms with van der Waals surface area (Å²) in [7, 11) is -3.17. The number of anilines is 1. The fraction of sp³-hybridized carbons (Fsp3) is 0.438. The highest BCUT2D eigenvalue weighted by atomic mass is 32.2. The van der Waals surface area contributed by atoms with E-state index < -0.39 is 27.6 Å². The number of rotatable bonds is 4. The van der Waals surface area contributed by atoms with Gasteiger partial charge in [-0.05, 0) is 18.6 Å². The number of sulfone groups is 1. The van der Waals surface area contributed by atoms with E-state index in [9.17, 15) is 22.8 Å². The van der Waals surface area contributed by atoms with E-state index in [0.29, 0.717) is 11.4 Å². The lowest BCUT2D eigenvalue weighted by atomic mass is 10.1. The first-order valence-corrected chi connectivity index (χ1v) is 9.99. The van der Waals surface area contributed by atoms with Gasteiger partial charge in [0.25, 0.3) is 5.91 Å². The Bertz CT molecular complexity index is 838. The molecule has 0 unspecified atom stereocenters. The van der Waals surface area contributed by atoms with Crippen LogP contribution in [0.15, 0.2) is 24.3 Å². The van der Waals surface area contributed by atoms with Gasteiger partial charge in [0.1, 0.15) is 5.75 Å². The van der Waals surface area contributed by atoms with Crippen molar-refractivity contribution < 1.29 is 27.5 Å². The van der Waals surface area contributed by atoms with Crippen LogP contribution in [0.5, 0.6) is 5.75 Å². The van der Waals surface area contributed by atoms with Crippen molar-refractivity contribution in [2.75, 3.05) is 29.6 Å². The van der Waals surface area contributed by atoms with Gasteiger partial charge in [0.05, 0.1) is 23.1 Å². The predicted octanol–water partition coefficient (Wildman–Crippen LogP) is -0.616. The largest absolute Gasteiger partial charge is 0.482 e. The highest BCUT2D eigenvalue weighted by Crippen LogP contribution is 2.31. The first kappa shape index (κ1) is 18.2. The summed E-state index contributed by atoms with van der Waals surface area (Å²) < 4.78 is 28.1. The Kier molecular flexibility index (Phi) is 5.12. The predicted molar refractivity (Wildman–Crippen MR) is 92.0 cm³/mol. The van der Waals surface area contributed by atoms with Gasteiger partial charge in [0.15, 0.2) is 16.4 Å². The van der Waals surface area contributed by atoms with Crippen molar-refractivity contribution >= 4 is 33.2 Å². The van der Waals surface area contributed by atoms with Crippen molar-refractivity contribution in [3.8, 4) is 5.75 Å². The monoisotopic (exact) mass is 381 g/mol. The maximum atomic E-state index is 12.0. The molecule has 10 heteroatoms. The summed E-state index contributed by atoms with van der Waals surface area (Å²) in [5, 5.41) is 0. The van der Waals surface area contributed by atoms with Crippen LogP contribution >= 0.6 is 0 Å². The molecule has 1 saturated heterocycles. The highest BCUT2D eigenvalue weighted by molar-refractivity contribution is 7.91. The Morgan fingerprint density at radius 1 is 1.23 bits per heavy atom. The summed E-state index contributed by atoms with van der Waals surface area (Å²) in [5.41, 5.74) is 5.11. The molecular formula is C16H19N3O6S. The molecule has 0 aromatic heterocycles. The van der Waals surface area contributed by atoms with Crippen molar-refractivity contribution in [2.45, 2.75) is 12.8 Å². The van der Waals surface area contributed by atoms with Crippen LogP contribution in [0.4, 0.5) is 5.69 Å². The summed E-state index contributed by atoms with van der Waals surface area (Å²) in [6, 6.07) is 7.03. The van der Waals surface area contributed by atoms with Crippen LogP contribution in [-0.4, -0.2) is 50.8 Å². The Morgan fingerprint density at radius 2 is 2.00 bits per heavy atom. The second-order valence-corrected chi connectivity index (χ2v) is 8.42. The summed E-state index contributed by atoms with van der Waals surface area (Å²) in [5.74, 6) is -1.54. The standard InChI is InChI=1S/C16H19N3O6S/c20-14(17-18-16(22)11-6-8-26(23,24)10-11)5-7-19-12-3-1-2-4-13(12)25-9-15(19)21/h1-4,11H,5-10H2,(H,17,20)(H,18,22)/t11-/m0/s1. The average molecular weight is 381 g/mol. The number of hydrogen-bond acceptors (Lipinski definition) is 6. The summed E-state index contributed by atoms with van der Waals surface area (Å²) >= 11 is 0. The van der Waals surface area contributed by atoms with Crippen molar-refractivity contribution in [3.05, 3.63) is 24.3 Å². The van der Waals surface area contributed by atoms with Crippen LogP contribution < -0.4 is 20.5 Å². The van der Waals surface area contributed by atoms with E-state index in [1.807, 2.05) is 0 Å². The van der Waals surface area contributed by atoms with E-state index in [-0.39, 0.29) is 43.4 Å². The number of carbonyl (C=O) groups excluding carboxylic acids is 3. The van der Waals surface area contributed by atoms with Crippen LogP contribution in [-0.2, 0) is 24.2 Å². The minimum absolute atomic E-state index is 0.0163. The molecule has 0 bridgehead atoms. The van der Waals surface area contributed by atoms with Crippen molar-refractivity contribution in [1.29, 1.82) is 0 Å². The van der Waals surface area contributed by atoms with E-state index >= 15 is 0 Å². The topological polar surface area (TPSA) is 122 Å². The highest BCUT2D eigenvalue weighted by Gasteiger charge is 2.33. The molecule has 1 aromatic carbocycles. The number of fused-ring (bicyclic) bond motifs is 1. The third kappa shape index (κ3) is 4.13. The van der Waals surface area contributed by atoms with Gasteiger partial charge in [-0.1, -0.05) is 12.1 Å². The number of benzene rings is 1. The zero-order valence-electron chi connectivity index (χ0n) is 13.9. The maximum absolute atomic E-state index is 12.0. The molecule has 140 valence electrons. The van der Waals surface area contributed by atoms with Crippen LogP contribution in [0.1, 0.15) is 12.8 Å². The fourth-order valence-electron chi connectivity index (χ4n) is 2.91. The van der Waals surface area contributed by atoms with E-state index in [1.165, 1.54) is 4.90 Å². The van der Waals surface area contributed by atoms with Gasteiger partial charge in [-0.25, -0.2) is 8.42 Å². The Labute approximate surface area is 150 Å². The van der Waals surface area contributed by atoms with Gasteiger partial charge in [-0.2, -0.15) is 0 Å². The molecule has 3 amide bonds. The maximum Gasteiger partial charge on any atom is 0.265 e. The van der Waals surface area contributed by atoms with Crippen LogP contribution in [0.2, 0.25) is 0 Å². The number of para-hydroxylation sites is 2. The summed E-state index contributed by atoms with van der Waals surface area (Å²) in [6.45, 7) is 0.0459. The lowest BCUT2D eigenvalue weighted by Crippen LogP contribution is -2.46. The van der Waals surface area contributed by atoms with Gasteiger partial charge < -0.3 is 9.64 Å². The molecular weight excluding hydrogens is 362 g/mol. The quantitative estimate of drug-likeness (QED) is 0.671. The normalized spacial score (nSPS) is 20.8. The number of amides is 3. The van der Waals surface area contributed by atoms with Gasteiger partial charge in [0.2, 0.25) is 11.8 Å². The van der Waals surface area contributed by atoms with E-state index in [2.05, 4.69) is 10.9 Å². The van der Waals surface area contributed by atoms with Crippen molar-refractivity contribution in [2.24, 2.45) is 5.92 Å². The first-order chi connectivity index (χ1) is 12.4. The molecule has 0 spiro atoms. The fourth-order valence-corrected chi connectivity index (χ4v) is 4.65. The smallest absolute Gasteiger partial charge is 0.265 e.